The van der Waals surface area contributed by atoms with Crippen molar-refractivity contribution in [2.75, 3.05) is 13.2 Å². The van der Waals surface area contributed by atoms with Crippen LogP contribution < -0.4 is 0 Å². The normalized spacial score (nSPS) is 18.3. The first-order valence-corrected chi connectivity index (χ1v) is 9.49. The van der Waals surface area contributed by atoms with Crippen molar-refractivity contribution in [2.45, 2.75) is 104 Å². The van der Waals surface area contributed by atoms with Crippen molar-refractivity contribution >= 4 is 0 Å². The van der Waals surface area contributed by atoms with Crippen LogP contribution in [0.2, 0.25) is 0 Å². The molecule has 0 aromatic rings. The van der Waals surface area contributed by atoms with Gasteiger partial charge < -0.3 is 9.47 Å². The Morgan fingerprint density at radius 1 is 0.762 bits per heavy atom. The Hall–Kier alpha value is -0.0800. The number of hydrogen-bond acceptors (Lipinski definition) is 2. The molecule has 0 aliphatic carbocycles. The molecule has 21 heavy (non-hydrogen) atoms. The molecule has 1 aliphatic heterocycles. The molecule has 1 fully saturated rings. The fourth-order valence-electron chi connectivity index (χ4n) is 3.22. The minimum atomic E-state index is -0.279. The molecule has 0 radical (unpaired) electrons. The van der Waals surface area contributed by atoms with Crippen LogP contribution in [-0.2, 0) is 9.47 Å². The van der Waals surface area contributed by atoms with Gasteiger partial charge in [0.05, 0.1) is 13.2 Å². The highest BCUT2D eigenvalue weighted by molar-refractivity contribution is 4.76. The van der Waals surface area contributed by atoms with Crippen LogP contribution in [0.1, 0.15) is 97.8 Å². The van der Waals surface area contributed by atoms with E-state index in [0.29, 0.717) is 5.92 Å². The number of ether oxygens (including phenoxy) is 2. The molecule has 0 aromatic carbocycles. The number of rotatable bonds is 12. The third-order valence-corrected chi connectivity index (χ3v) is 4.74. The van der Waals surface area contributed by atoms with Crippen LogP contribution in [0.25, 0.3) is 0 Å². The molecular formula is C19H38O2. The van der Waals surface area contributed by atoms with Crippen molar-refractivity contribution in [1.82, 2.24) is 0 Å². The third kappa shape index (κ3) is 7.65. The summed E-state index contributed by atoms with van der Waals surface area (Å²) in [7, 11) is 0. The molecule has 2 nitrogen and oxygen atoms in total. The van der Waals surface area contributed by atoms with Gasteiger partial charge in [0.2, 0.25) is 0 Å². The van der Waals surface area contributed by atoms with Gasteiger partial charge in [0.15, 0.2) is 5.79 Å². The summed E-state index contributed by atoms with van der Waals surface area (Å²) < 4.78 is 12.0. The Morgan fingerprint density at radius 2 is 1.24 bits per heavy atom. The molecule has 0 unspecified atom stereocenters. The first-order valence-electron chi connectivity index (χ1n) is 9.49. The third-order valence-electron chi connectivity index (χ3n) is 4.74. The average Bonchev–Trinajstić information content (AvgIpc) is 2.50. The molecule has 0 bridgehead atoms. The summed E-state index contributed by atoms with van der Waals surface area (Å²) in [4.78, 5) is 0. The molecule has 0 aromatic heterocycles. The van der Waals surface area contributed by atoms with Crippen LogP contribution in [0.5, 0.6) is 0 Å². The molecule has 0 N–H and O–H groups in total. The Morgan fingerprint density at radius 3 is 1.71 bits per heavy atom. The Balaban J connectivity index is 1.99. The van der Waals surface area contributed by atoms with E-state index >= 15 is 0 Å². The lowest BCUT2D eigenvalue weighted by atomic mass is 9.94. The topological polar surface area (TPSA) is 18.5 Å². The van der Waals surface area contributed by atoms with E-state index < -0.39 is 0 Å². The number of hydrogen-bond donors (Lipinski definition) is 0. The highest BCUT2D eigenvalue weighted by atomic mass is 16.7. The average molecular weight is 299 g/mol. The predicted octanol–water partition coefficient (Wildman–Crippen LogP) is 6.09. The van der Waals surface area contributed by atoms with Crippen molar-refractivity contribution in [3.05, 3.63) is 0 Å². The molecule has 1 heterocycles. The van der Waals surface area contributed by atoms with Crippen LogP contribution >= 0.6 is 0 Å². The van der Waals surface area contributed by atoms with Crippen LogP contribution in [0.3, 0.4) is 0 Å². The second-order valence-electron chi connectivity index (χ2n) is 6.95. The highest BCUT2D eigenvalue weighted by Crippen LogP contribution is 2.32. The molecule has 126 valence electrons. The second kappa shape index (κ2) is 11.5. The Labute approximate surface area is 133 Å². The molecule has 0 atom stereocenters. The zero-order valence-electron chi connectivity index (χ0n) is 14.8. The second-order valence-corrected chi connectivity index (χ2v) is 6.95. The maximum atomic E-state index is 5.99. The maximum Gasteiger partial charge on any atom is 0.170 e. The Bertz CT molecular complexity index is 232. The summed E-state index contributed by atoms with van der Waals surface area (Å²) >= 11 is 0. The lowest BCUT2D eigenvalue weighted by Gasteiger charge is -2.40. The van der Waals surface area contributed by atoms with Gasteiger partial charge >= 0.3 is 0 Å². The first-order chi connectivity index (χ1) is 10.2. The molecule has 1 aliphatic rings. The van der Waals surface area contributed by atoms with E-state index in [4.69, 9.17) is 9.47 Å². The zero-order valence-corrected chi connectivity index (χ0v) is 14.8. The van der Waals surface area contributed by atoms with Crippen molar-refractivity contribution in [2.24, 2.45) is 5.92 Å². The van der Waals surface area contributed by atoms with E-state index in [2.05, 4.69) is 20.8 Å². The molecule has 0 amide bonds. The van der Waals surface area contributed by atoms with Crippen LogP contribution in [-0.4, -0.2) is 19.0 Å². The molecule has 1 rings (SSSR count). The van der Waals surface area contributed by atoms with E-state index in [9.17, 15) is 0 Å². The van der Waals surface area contributed by atoms with E-state index in [-0.39, 0.29) is 5.79 Å². The van der Waals surface area contributed by atoms with E-state index in [0.717, 1.165) is 26.1 Å². The summed E-state index contributed by atoms with van der Waals surface area (Å²) in [5.74, 6) is 0.176. The van der Waals surface area contributed by atoms with Crippen molar-refractivity contribution in [3.63, 3.8) is 0 Å². The summed E-state index contributed by atoms with van der Waals surface area (Å²) in [5.41, 5.74) is 0. The van der Waals surface area contributed by atoms with Gasteiger partial charge in [-0.3, -0.25) is 0 Å². The first kappa shape index (κ1) is 19.0. The van der Waals surface area contributed by atoms with Crippen LogP contribution in [0.15, 0.2) is 0 Å². The Kier molecular flexibility index (Phi) is 10.4. The maximum absolute atomic E-state index is 5.99. The SMILES string of the molecule is CCCCCCCCCCCCC1(C(C)C)OCCCO1. The highest BCUT2D eigenvalue weighted by Gasteiger charge is 2.37. The van der Waals surface area contributed by atoms with Crippen LogP contribution in [0.4, 0.5) is 0 Å². The van der Waals surface area contributed by atoms with Gasteiger partial charge in [-0.1, -0.05) is 78.6 Å². The quantitative estimate of drug-likeness (QED) is 0.406. The molecule has 2 heteroatoms. The van der Waals surface area contributed by atoms with Gasteiger partial charge in [-0.25, -0.2) is 0 Å². The smallest absolute Gasteiger partial charge is 0.170 e. The van der Waals surface area contributed by atoms with E-state index in [1.54, 1.807) is 0 Å². The van der Waals surface area contributed by atoms with Gasteiger partial charge in [0.1, 0.15) is 0 Å². The van der Waals surface area contributed by atoms with Crippen molar-refractivity contribution in [1.29, 1.82) is 0 Å². The van der Waals surface area contributed by atoms with Crippen molar-refractivity contribution in [3.8, 4) is 0 Å². The van der Waals surface area contributed by atoms with Gasteiger partial charge in [-0.15, -0.1) is 0 Å². The zero-order chi connectivity index (χ0) is 15.4. The fraction of sp³-hybridized carbons (Fsp3) is 1.00. The van der Waals surface area contributed by atoms with Crippen molar-refractivity contribution < 1.29 is 9.47 Å². The lowest BCUT2D eigenvalue weighted by Crippen LogP contribution is -2.45. The summed E-state index contributed by atoms with van der Waals surface area (Å²) in [6, 6.07) is 0. The van der Waals surface area contributed by atoms with Crippen LogP contribution in [0, 0.1) is 5.92 Å². The standard InChI is InChI=1S/C19H38O2/c1-4-5-6-7-8-9-10-11-12-13-15-19(18(2)3)20-16-14-17-21-19/h18H,4-17H2,1-3H3. The van der Waals surface area contributed by atoms with E-state index in [1.807, 2.05) is 0 Å². The van der Waals surface area contributed by atoms with Gasteiger partial charge in [0, 0.05) is 12.3 Å². The summed E-state index contributed by atoms with van der Waals surface area (Å²) in [5, 5.41) is 0. The van der Waals surface area contributed by atoms with Gasteiger partial charge in [-0.2, -0.15) is 0 Å². The van der Waals surface area contributed by atoms with Gasteiger partial charge in [-0.05, 0) is 12.8 Å². The largest absolute Gasteiger partial charge is 0.350 e. The van der Waals surface area contributed by atoms with E-state index in [1.165, 1.54) is 64.2 Å². The molecule has 1 saturated heterocycles. The number of unbranched alkanes of at least 4 members (excludes halogenated alkanes) is 9. The summed E-state index contributed by atoms with van der Waals surface area (Å²) in [6.07, 6.45) is 16.0. The monoisotopic (exact) mass is 298 g/mol. The minimum Gasteiger partial charge on any atom is -0.350 e. The lowest BCUT2D eigenvalue weighted by molar-refractivity contribution is -0.292. The van der Waals surface area contributed by atoms with Gasteiger partial charge in [0.25, 0.3) is 0 Å². The molecular weight excluding hydrogens is 260 g/mol. The summed E-state index contributed by atoms with van der Waals surface area (Å²) in [6.45, 7) is 8.47. The minimum absolute atomic E-state index is 0.279. The molecule has 0 saturated carbocycles. The predicted molar refractivity (Wildman–Crippen MR) is 90.6 cm³/mol. The fourth-order valence-corrected chi connectivity index (χ4v) is 3.22. The molecule has 0 spiro atoms.